The normalized spacial score (nSPS) is 21.7. The van der Waals surface area contributed by atoms with Crippen LogP contribution in [0, 0.1) is 0 Å². The number of carbonyl (C=O) groups excluding carboxylic acids is 3. The molecule has 3 aliphatic rings. The van der Waals surface area contributed by atoms with Crippen LogP contribution in [0.2, 0.25) is 0 Å². The maximum absolute atomic E-state index is 12.9. The number of halogens is 1. The molecule has 7 nitrogen and oxygen atoms in total. The fourth-order valence-corrected chi connectivity index (χ4v) is 5.21. The summed E-state index contributed by atoms with van der Waals surface area (Å²) in [5.74, 6) is -0.757. The molecule has 3 amide bonds. The highest BCUT2D eigenvalue weighted by Crippen LogP contribution is 2.29. The fraction of sp³-hybridized carbons (Fsp3) is 0.375. The minimum absolute atomic E-state index is 0.122. The van der Waals surface area contributed by atoms with Crippen LogP contribution < -0.4 is 10.2 Å². The van der Waals surface area contributed by atoms with E-state index in [9.17, 15) is 14.4 Å². The average molecular weight is 497 g/mol. The number of piperidine rings is 1. The van der Waals surface area contributed by atoms with Gasteiger partial charge in [-0.2, -0.15) is 0 Å². The van der Waals surface area contributed by atoms with Gasteiger partial charge in [0.1, 0.15) is 6.04 Å². The van der Waals surface area contributed by atoms with Gasteiger partial charge in [-0.25, -0.2) is 0 Å². The summed E-state index contributed by atoms with van der Waals surface area (Å²) in [6, 6.07) is 13.8. The second-order valence-corrected chi connectivity index (χ2v) is 9.55. The van der Waals surface area contributed by atoms with Crippen molar-refractivity contribution in [1.82, 2.24) is 15.1 Å². The Morgan fingerprint density at radius 1 is 1.00 bits per heavy atom. The molecule has 32 heavy (non-hydrogen) atoms. The minimum atomic E-state index is -0.567. The lowest BCUT2D eigenvalue weighted by Crippen LogP contribution is -2.52. The van der Waals surface area contributed by atoms with Gasteiger partial charge in [-0.05, 0) is 41.8 Å². The molecule has 0 aromatic heterocycles. The van der Waals surface area contributed by atoms with Gasteiger partial charge in [0.2, 0.25) is 11.8 Å². The van der Waals surface area contributed by atoms with Crippen molar-refractivity contribution in [3.05, 3.63) is 63.6 Å². The minimum Gasteiger partial charge on any atom is -0.369 e. The largest absolute Gasteiger partial charge is 0.369 e. The van der Waals surface area contributed by atoms with Crippen molar-refractivity contribution < 1.29 is 14.4 Å². The molecule has 0 radical (unpaired) electrons. The maximum atomic E-state index is 12.9. The van der Waals surface area contributed by atoms with E-state index in [0.717, 1.165) is 42.8 Å². The summed E-state index contributed by atoms with van der Waals surface area (Å²) in [5.41, 5.74) is 4.05. The first-order valence-electron chi connectivity index (χ1n) is 11.0. The molecule has 2 aromatic rings. The lowest BCUT2D eigenvalue weighted by Gasteiger charge is -2.36. The number of fused-ring (bicyclic) bond motifs is 1. The molecule has 0 spiro atoms. The summed E-state index contributed by atoms with van der Waals surface area (Å²) in [4.78, 5) is 43.0. The Morgan fingerprint density at radius 3 is 2.56 bits per heavy atom. The fourth-order valence-electron chi connectivity index (χ4n) is 4.82. The van der Waals surface area contributed by atoms with Crippen LogP contribution in [-0.4, -0.2) is 59.7 Å². The van der Waals surface area contributed by atoms with Crippen LogP contribution in [0.1, 0.15) is 34.3 Å². The Bertz CT molecular complexity index is 1080. The van der Waals surface area contributed by atoms with Gasteiger partial charge >= 0.3 is 0 Å². The van der Waals surface area contributed by atoms with E-state index < -0.39 is 6.04 Å². The van der Waals surface area contributed by atoms with Crippen molar-refractivity contribution in [2.45, 2.75) is 32.0 Å². The molecule has 8 heteroatoms. The second kappa shape index (κ2) is 8.67. The zero-order chi connectivity index (χ0) is 22.2. The first-order valence-corrected chi connectivity index (χ1v) is 11.8. The first kappa shape index (κ1) is 21.2. The van der Waals surface area contributed by atoms with Crippen molar-refractivity contribution in [1.29, 1.82) is 0 Å². The lowest BCUT2D eigenvalue weighted by molar-refractivity contribution is -0.136. The number of nitrogens with one attached hydrogen (secondary N) is 1. The Morgan fingerprint density at radius 2 is 1.81 bits per heavy atom. The van der Waals surface area contributed by atoms with Gasteiger partial charge in [0, 0.05) is 61.4 Å². The molecule has 1 atom stereocenters. The SMILES string of the molecule is O=C1CCC(N2Cc3cc(CN4CCN(c5cccc(Br)c5)CC4)ccc3C2=O)C(=O)N1. The van der Waals surface area contributed by atoms with Crippen LogP contribution in [-0.2, 0) is 22.7 Å². The van der Waals surface area contributed by atoms with Crippen LogP contribution in [0.4, 0.5) is 5.69 Å². The van der Waals surface area contributed by atoms with Crippen LogP contribution in [0.25, 0.3) is 0 Å². The molecule has 5 rings (SSSR count). The van der Waals surface area contributed by atoms with E-state index in [4.69, 9.17) is 0 Å². The van der Waals surface area contributed by atoms with Crippen molar-refractivity contribution in [2.24, 2.45) is 0 Å². The highest BCUT2D eigenvalue weighted by Gasteiger charge is 2.39. The third-order valence-electron chi connectivity index (χ3n) is 6.54. The zero-order valence-electron chi connectivity index (χ0n) is 17.7. The molecule has 1 unspecified atom stereocenters. The smallest absolute Gasteiger partial charge is 0.255 e. The number of amides is 3. The number of rotatable bonds is 4. The van der Waals surface area contributed by atoms with E-state index in [2.05, 4.69) is 55.3 Å². The number of nitrogens with zero attached hydrogens (tertiary/aromatic N) is 3. The summed E-state index contributed by atoms with van der Waals surface area (Å²) in [6.07, 6.45) is 0.660. The summed E-state index contributed by atoms with van der Waals surface area (Å²) in [5, 5.41) is 2.35. The summed E-state index contributed by atoms with van der Waals surface area (Å²) < 4.78 is 1.09. The van der Waals surface area contributed by atoms with E-state index in [1.165, 1.54) is 11.3 Å². The van der Waals surface area contributed by atoms with Crippen molar-refractivity contribution >= 4 is 39.3 Å². The molecule has 166 valence electrons. The lowest BCUT2D eigenvalue weighted by atomic mass is 10.0. The number of benzene rings is 2. The van der Waals surface area contributed by atoms with E-state index >= 15 is 0 Å². The number of anilines is 1. The quantitative estimate of drug-likeness (QED) is 0.658. The highest BCUT2D eigenvalue weighted by atomic mass is 79.9. The number of piperazine rings is 1. The number of carbonyl (C=O) groups is 3. The topological polar surface area (TPSA) is 73.0 Å². The molecule has 0 bridgehead atoms. The molecule has 0 saturated carbocycles. The molecule has 2 saturated heterocycles. The van der Waals surface area contributed by atoms with Crippen LogP contribution >= 0.6 is 15.9 Å². The number of hydrogen-bond acceptors (Lipinski definition) is 5. The van der Waals surface area contributed by atoms with Gasteiger partial charge in [-0.3, -0.25) is 24.6 Å². The summed E-state index contributed by atoms with van der Waals surface area (Å²) >= 11 is 3.55. The van der Waals surface area contributed by atoms with Gasteiger partial charge in [-0.15, -0.1) is 0 Å². The van der Waals surface area contributed by atoms with Gasteiger partial charge < -0.3 is 9.80 Å². The van der Waals surface area contributed by atoms with E-state index in [1.807, 2.05) is 18.2 Å². The molecule has 3 aliphatic heterocycles. The monoisotopic (exact) mass is 496 g/mol. The third kappa shape index (κ3) is 4.17. The Hall–Kier alpha value is -2.71. The number of imide groups is 1. The molecule has 0 aliphatic carbocycles. The van der Waals surface area contributed by atoms with Gasteiger partial charge in [0.15, 0.2) is 0 Å². The van der Waals surface area contributed by atoms with E-state index in [-0.39, 0.29) is 24.1 Å². The predicted molar refractivity (Wildman–Crippen MR) is 124 cm³/mol. The van der Waals surface area contributed by atoms with E-state index in [1.54, 1.807) is 4.90 Å². The third-order valence-corrected chi connectivity index (χ3v) is 7.03. The first-order chi connectivity index (χ1) is 15.5. The van der Waals surface area contributed by atoms with E-state index in [0.29, 0.717) is 18.5 Å². The van der Waals surface area contributed by atoms with Gasteiger partial charge in [0.05, 0.1) is 0 Å². The Balaban J connectivity index is 1.21. The molecule has 1 N–H and O–H groups in total. The van der Waals surface area contributed by atoms with Crippen LogP contribution in [0.15, 0.2) is 46.9 Å². The summed E-state index contributed by atoms with van der Waals surface area (Å²) in [6.45, 7) is 5.17. The standard InChI is InChI=1S/C24H25BrN4O3/c25-18-2-1-3-19(13-18)28-10-8-27(9-11-28)14-16-4-5-20-17(12-16)15-29(24(20)32)21-6-7-22(30)26-23(21)31/h1-5,12-13,21H,6-11,14-15H2,(H,26,30,31). The molecule has 2 fully saturated rings. The summed E-state index contributed by atoms with van der Waals surface area (Å²) in [7, 11) is 0. The predicted octanol–water partition coefficient (Wildman–Crippen LogP) is 2.53. The Kier molecular flexibility index (Phi) is 5.73. The highest BCUT2D eigenvalue weighted by molar-refractivity contribution is 9.10. The van der Waals surface area contributed by atoms with Crippen LogP contribution in [0.3, 0.4) is 0 Å². The van der Waals surface area contributed by atoms with Crippen molar-refractivity contribution in [2.75, 3.05) is 31.1 Å². The molecular formula is C24H25BrN4O3. The zero-order valence-corrected chi connectivity index (χ0v) is 19.3. The van der Waals surface area contributed by atoms with Crippen molar-refractivity contribution in [3.63, 3.8) is 0 Å². The molecule has 2 aromatic carbocycles. The second-order valence-electron chi connectivity index (χ2n) is 8.63. The van der Waals surface area contributed by atoms with Gasteiger partial charge in [0.25, 0.3) is 5.91 Å². The Labute approximate surface area is 195 Å². The number of hydrogen-bond donors (Lipinski definition) is 1. The van der Waals surface area contributed by atoms with Crippen LogP contribution in [0.5, 0.6) is 0 Å². The van der Waals surface area contributed by atoms with Gasteiger partial charge in [-0.1, -0.05) is 34.1 Å². The molecule has 3 heterocycles. The average Bonchev–Trinajstić information content (AvgIpc) is 3.10. The maximum Gasteiger partial charge on any atom is 0.255 e. The van der Waals surface area contributed by atoms with Crippen molar-refractivity contribution in [3.8, 4) is 0 Å². The molecular weight excluding hydrogens is 472 g/mol.